The van der Waals surface area contributed by atoms with Crippen LogP contribution in [0.25, 0.3) is 10.9 Å². The third kappa shape index (κ3) is 8.13. The average Bonchev–Trinajstić information content (AvgIpc) is 3.15. The molecule has 0 aliphatic rings. The number of H-pyrrole nitrogens is 1. The van der Waals surface area contributed by atoms with Gasteiger partial charge in [0.15, 0.2) is 0 Å². The zero-order chi connectivity index (χ0) is 25.5. The predicted octanol–water partition coefficient (Wildman–Crippen LogP) is 4.50. The van der Waals surface area contributed by atoms with Crippen LogP contribution in [0.5, 0.6) is 5.75 Å². The highest BCUT2D eigenvalue weighted by molar-refractivity contribution is 7.48. The van der Waals surface area contributed by atoms with Crippen molar-refractivity contribution in [2.75, 3.05) is 34.2 Å². The third-order valence-corrected chi connectivity index (χ3v) is 5.95. The molecule has 1 N–H and O–H groups in total. The molecule has 2 rings (SSSR count). The quantitative estimate of drug-likeness (QED) is 0.256. The minimum absolute atomic E-state index is 0.258. The van der Waals surface area contributed by atoms with Gasteiger partial charge in [0.25, 0.3) is 0 Å². The zero-order valence-corrected chi connectivity index (χ0v) is 21.8. The van der Waals surface area contributed by atoms with Crippen molar-refractivity contribution in [1.29, 1.82) is 0 Å². The smallest absolute Gasteiger partial charge is 0.438 e. The number of aromatic amines is 1. The van der Waals surface area contributed by atoms with Gasteiger partial charge in [-0.25, -0.2) is 13.6 Å². The van der Waals surface area contributed by atoms with E-state index in [0.29, 0.717) is 6.42 Å². The van der Waals surface area contributed by atoms with Gasteiger partial charge < -0.3 is 23.9 Å². The van der Waals surface area contributed by atoms with Crippen LogP contribution in [-0.4, -0.2) is 56.0 Å². The number of rotatable bonds is 12. The summed E-state index contributed by atoms with van der Waals surface area (Å²) in [5, 5.41) is 0.725. The van der Waals surface area contributed by atoms with Gasteiger partial charge in [0, 0.05) is 23.6 Å². The maximum absolute atomic E-state index is 13.4. The van der Waals surface area contributed by atoms with Crippen LogP contribution < -0.4 is 4.52 Å². The van der Waals surface area contributed by atoms with E-state index in [1.54, 1.807) is 46.8 Å². The molecule has 11 heteroatoms. The Morgan fingerprint density at radius 1 is 1.09 bits per heavy atom. The van der Waals surface area contributed by atoms with Gasteiger partial charge in [0.1, 0.15) is 5.75 Å². The largest absolute Gasteiger partial charge is 0.535 e. The SMILES string of the molecule is CC(C)C(=O)OCOP(=O)(OCOC(=O)C(C)(C)C)Oc1cccc2[nH]cc(CCN(C)C)c12. The number of nitrogens with one attached hydrogen (secondary N) is 1. The number of phosphoric ester groups is 1. The number of nitrogens with zero attached hydrogens (tertiary/aromatic N) is 1. The molecule has 34 heavy (non-hydrogen) atoms. The Morgan fingerprint density at radius 3 is 2.32 bits per heavy atom. The topological polar surface area (TPSA) is 116 Å². The van der Waals surface area contributed by atoms with Crippen molar-refractivity contribution >= 4 is 30.7 Å². The summed E-state index contributed by atoms with van der Waals surface area (Å²) >= 11 is 0. The van der Waals surface area contributed by atoms with Gasteiger partial charge in [-0.1, -0.05) is 19.9 Å². The summed E-state index contributed by atoms with van der Waals surface area (Å²) in [7, 11) is -0.409. The number of aromatic nitrogens is 1. The summed E-state index contributed by atoms with van der Waals surface area (Å²) in [6.45, 7) is 7.81. The first-order chi connectivity index (χ1) is 15.8. The highest BCUT2D eigenvalue weighted by Gasteiger charge is 2.33. The number of hydrogen-bond acceptors (Lipinski definition) is 9. The van der Waals surface area contributed by atoms with Gasteiger partial charge in [0.05, 0.1) is 11.3 Å². The van der Waals surface area contributed by atoms with Crippen molar-refractivity contribution in [3.8, 4) is 5.75 Å². The van der Waals surface area contributed by atoms with Crippen LogP contribution in [0.1, 0.15) is 40.2 Å². The van der Waals surface area contributed by atoms with E-state index in [1.165, 1.54) is 0 Å². The van der Waals surface area contributed by atoms with Gasteiger partial charge in [-0.3, -0.25) is 9.59 Å². The number of likely N-dealkylation sites (N-methyl/N-ethyl adjacent to an activating group) is 1. The number of benzene rings is 1. The fraction of sp³-hybridized carbons (Fsp3) is 0.565. The molecule has 1 unspecified atom stereocenters. The Bertz CT molecular complexity index is 1030. The molecule has 2 aromatic rings. The molecular weight excluding hydrogens is 463 g/mol. The Balaban J connectivity index is 2.25. The lowest BCUT2D eigenvalue weighted by Crippen LogP contribution is -2.24. The van der Waals surface area contributed by atoms with E-state index in [1.807, 2.05) is 31.3 Å². The van der Waals surface area contributed by atoms with Crippen molar-refractivity contribution in [3.05, 3.63) is 30.0 Å². The third-order valence-electron chi connectivity index (χ3n) is 4.68. The van der Waals surface area contributed by atoms with E-state index in [0.717, 1.165) is 23.0 Å². The zero-order valence-electron chi connectivity index (χ0n) is 20.9. The van der Waals surface area contributed by atoms with Gasteiger partial charge in [-0.15, -0.1) is 0 Å². The molecule has 1 aromatic carbocycles. The van der Waals surface area contributed by atoms with Gasteiger partial charge in [0.2, 0.25) is 13.6 Å². The molecule has 0 bridgehead atoms. The summed E-state index contributed by atoms with van der Waals surface area (Å²) in [5.41, 5.74) is 0.958. The summed E-state index contributed by atoms with van der Waals surface area (Å²) in [4.78, 5) is 29.0. The summed E-state index contributed by atoms with van der Waals surface area (Å²) in [5.74, 6) is -1.23. The number of phosphoric acid groups is 1. The molecule has 10 nitrogen and oxygen atoms in total. The molecule has 0 radical (unpaired) electrons. The lowest BCUT2D eigenvalue weighted by Gasteiger charge is -2.21. The molecule has 1 atom stereocenters. The van der Waals surface area contributed by atoms with Crippen molar-refractivity contribution < 1.29 is 37.2 Å². The van der Waals surface area contributed by atoms with Gasteiger partial charge >= 0.3 is 19.8 Å². The average molecular weight is 499 g/mol. The molecule has 0 amide bonds. The highest BCUT2D eigenvalue weighted by atomic mass is 31.2. The molecular formula is C23H35N2O8P. The minimum atomic E-state index is -4.35. The van der Waals surface area contributed by atoms with E-state index in [2.05, 4.69) is 4.98 Å². The minimum Gasteiger partial charge on any atom is -0.438 e. The van der Waals surface area contributed by atoms with Gasteiger partial charge in [-0.05, 0) is 59.0 Å². The standard InChI is InChI=1S/C23H35N2O8P/c1-16(2)21(26)29-14-31-34(28,32-15-30-22(27)23(3,4)5)33-19-10-8-9-18-20(19)17(13-24-18)11-12-25(6)7/h8-10,13,16,24H,11-12,14-15H2,1-7H3. The first-order valence-corrected chi connectivity index (χ1v) is 12.4. The number of carbonyl (C=O) groups is 2. The van der Waals surface area contributed by atoms with E-state index >= 15 is 0 Å². The van der Waals surface area contributed by atoms with Crippen LogP contribution in [0.2, 0.25) is 0 Å². The highest BCUT2D eigenvalue weighted by Crippen LogP contribution is 2.51. The molecule has 1 aromatic heterocycles. The Kier molecular flexibility index (Phi) is 9.70. The van der Waals surface area contributed by atoms with Crippen LogP contribution in [0, 0.1) is 11.3 Å². The number of hydrogen-bond donors (Lipinski definition) is 1. The second kappa shape index (κ2) is 11.8. The first kappa shape index (κ1) is 27.9. The van der Waals surface area contributed by atoms with Crippen LogP contribution in [0.3, 0.4) is 0 Å². The van der Waals surface area contributed by atoms with Crippen molar-refractivity contribution in [2.45, 2.75) is 41.0 Å². The number of fused-ring (bicyclic) bond motifs is 1. The Hall–Kier alpha value is -2.39. The van der Waals surface area contributed by atoms with E-state index in [4.69, 9.17) is 23.0 Å². The van der Waals surface area contributed by atoms with E-state index in [9.17, 15) is 14.2 Å². The lowest BCUT2D eigenvalue weighted by atomic mass is 9.98. The Labute approximate surface area is 200 Å². The number of carbonyl (C=O) groups excluding carboxylic acids is 2. The maximum Gasteiger partial charge on any atom is 0.535 e. The van der Waals surface area contributed by atoms with E-state index < -0.39 is 44.7 Å². The maximum atomic E-state index is 13.4. The molecule has 190 valence electrons. The molecule has 0 saturated carbocycles. The second-order valence-corrected chi connectivity index (χ2v) is 11.0. The summed E-state index contributed by atoms with van der Waals surface area (Å²) < 4.78 is 39.7. The van der Waals surface area contributed by atoms with Crippen LogP contribution in [0.4, 0.5) is 0 Å². The normalized spacial score (nSPS) is 13.8. The van der Waals surface area contributed by atoms with Crippen LogP contribution in [0.15, 0.2) is 24.4 Å². The molecule has 0 aliphatic carbocycles. The Morgan fingerprint density at radius 2 is 1.74 bits per heavy atom. The molecule has 0 spiro atoms. The lowest BCUT2D eigenvalue weighted by molar-refractivity contribution is -0.161. The summed E-state index contributed by atoms with van der Waals surface area (Å²) in [6, 6.07) is 5.23. The fourth-order valence-electron chi connectivity index (χ4n) is 2.72. The number of esters is 2. The fourth-order valence-corrected chi connectivity index (χ4v) is 3.66. The predicted molar refractivity (Wildman–Crippen MR) is 127 cm³/mol. The van der Waals surface area contributed by atoms with Gasteiger partial charge in [-0.2, -0.15) is 0 Å². The van der Waals surface area contributed by atoms with Crippen molar-refractivity contribution in [3.63, 3.8) is 0 Å². The molecule has 1 heterocycles. The molecule has 0 fully saturated rings. The van der Waals surface area contributed by atoms with Crippen molar-refractivity contribution in [1.82, 2.24) is 9.88 Å². The second-order valence-electron chi connectivity index (χ2n) is 9.38. The van der Waals surface area contributed by atoms with Crippen molar-refractivity contribution in [2.24, 2.45) is 11.3 Å². The molecule has 0 aliphatic heterocycles. The number of ether oxygens (including phenoxy) is 2. The summed E-state index contributed by atoms with van der Waals surface area (Å²) in [6.07, 6.45) is 2.58. The van der Waals surface area contributed by atoms with Crippen LogP contribution in [-0.2, 0) is 39.1 Å². The monoisotopic (exact) mass is 498 g/mol. The van der Waals surface area contributed by atoms with E-state index in [-0.39, 0.29) is 5.75 Å². The first-order valence-electron chi connectivity index (χ1n) is 11.0. The molecule has 0 saturated heterocycles. The van der Waals surface area contributed by atoms with Crippen LogP contribution >= 0.6 is 7.82 Å².